The molecule has 0 aliphatic carbocycles. The third-order valence-corrected chi connectivity index (χ3v) is 5.03. The zero-order chi connectivity index (χ0) is 18.1. The van der Waals surface area contributed by atoms with Gasteiger partial charge in [-0.05, 0) is 44.0 Å². The van der Waals surface area contributed by atoms with E-state index in [0.29, 0.717) is 0 Å². The third kappa shape index (κ3) is 3.04. The lowest BCUT2D eigenvalue weighted by Gasteiger charge is -2.21. The Hall–Kier alpha value is -2.86. The van der Waals surface area contributed by atoms with Crippen LogP contribution in [0.25, 0.3) is 33.0 Å². The molecule has 0 atom stereocenters. The fraction of sp³-hybridized carbons (Fsp3) is 0.154. The van der Waals surface area contributed by atoms with Crippen LogP contribution in [0.3, 0.4) is 0 Å². The molecular weight excluding hydrogens is 312 g/mol. The molecule has 0 nitrogen and oxygen atoms in total. The van der Waals surface area contributed by atoms with Gasteiger partial charge in [0.25, 0.3) is 0 Å². The molecule has 0 heterocycles. The first-order valence-corrected chi connectivity index (χ1v) is 9.22. The highest BCUT2D eigenvalue weighted by Gasteiger charge is 2.16. The molecule has 0 aliphatic heterocycles. The van der Waals surface area contributed by atoms with Crippen LogP contribution in [-0.2, 0) is 5.41 Å². The molecule has 26 heavy (non-hydrogen) atoms. The molecule has 0 amide bonds. The van der Waals surface area contributed by atoms with E-state index in [4.69, 9.17) is 0 Å². The highest BCUT2D eigenvalue weighted by Crippen LogP contribution is 2.39. The normalized spacial score (nSPS) is 11.7. The van der Waals surface area contributed by atoms with Crippen molar-refractivity contribution in [3.05, 3.63) is 96.6 Å². The highest BCUT2D eigenvalue weighted by molar-refractivity contribution is 6.04. The van der Waals surface area contributed by atoms with Crippen molar-refractivity contribution < 1.29 is 0 Å². The summed E-state index contributed by atoms with van der Waals surface area (Å²) in [7, 11) is 0. The van der Waals surface area contributed by atoms with Crippen LogP contribution in [0.2, 0.25) is 0 Å². The lowest BCUT2D eigenvalue weighted by atomic mass is 9.84. The molecule has 0 unspecified atom stereocenters. The summed E-state index contributed by atoms with van der Waals surface area (Å²) in [6, 6.07) is 32.9. The SMILES string of the molecule is CC(C)(C)c1cccc(-c2ccc3ccccc3c2-c2ccccc2)c1. The van der Waals surface area contributed by atoms with Crippen molar-refractivity contribution >= 4 is 10.8 Å². The molecule has 0 radical (unpaired) electrons. The second-order valence-electron chi connectivity index (χ2n) is 7.91. The molecule has 0 aliphatic rings. The zero-order valence-electron chi connectivity index (χ0n) is 15.7. The minimum absolute atomic E-state index is 0.139. The van der Waals surface area contributed by atoms with Crippen LogP contribution in [0, 0.1) is 0 Å². The molecule has 128 valence electrons. The molecule has 0 saturated heterocycles. The maximum atomic E-state index is 2.34. The van der Waals surface area contributed by atoms with Crippen LogP contribution in [-0.4, -0.2) is 0 Å². The van der Waals surface area contributed by atoms with Gasteiger partial charge in [-0.25, -0.2) is 0 Å². The van der Waals surface area contributed by atoms with Gasteiger partial charge in [-0.1, -0.05) is 112 Å². The van der Waals surface area contributed by atoms with E-state index in [1.54, 1.807) is 0 Å². The molecule has 0 spiro atoms. The van der Waals surface area contributed by atoms with Gasteiger partial charge in [0.05, 0.1) is 0 Å². The van der Waals surface area contributed by atoms with Gasteiger partial charge in [-0.3, -0.25) is 0 Å². The summed E-state index contributed by atoms with van der Waals surface area (Å²) in [6.07, 6.45) is 0. The number of hydrogen-bond donors (Lipinski definition) is 0. The van der Waals surface area contributed by atoms with Gasteiger partial charge in [0.1, 0.15) is 0 Å². The van der Waals surface area contributed by atoms with Gasteiger partial charge in [-0.2, -0.15) is 0 Å². The maximum Gasteiger partial charge on any atom is -0.00268 e. The molecule has 4 aromatic rings. The third-order valence-electron chi connectivity index (χ3n) is 5.03. The van der Waals surface area contributed by atoms with Crippen LogP contribution >= 0.6 is 0 Å². The Balaban J connectivity index is 2.02. The molecular formula is C26H24. The van der Waals surface area contributed by atoms with E-state index in [-0.39, 0.29) is 5.41 Å². The highest BCUT2D eigenvalue weighted by atomic mass is 14.2. The van der Waals surface area contributed by atoms with E-state index in [1.165, 1.54) is 38.6 Å². The smallest absolute Gasteiger partial charge is 0.00268 e. The summed E-state index contributed by atoms with van der Waals surface area (Å²) < 4.78 is 0. The largest absolute Gasteiger partial charge is 0.0622 e. The second kappa shape index (κ2) is 6.46. The summed E-state index contributed by atoms with van der Waals surface area (Å²) in [4.78, 5) is 0. The zero-order valence-corrected chi connectivity index (χ0v) is 15.7. The molecule has 0 heteroatoms. The molecule has 0 saturated carbocycles. The summed E-state index contributed by atoms with van der Waals surface area (Å²) in [5, 5.41) is 2.58. The number of fused-ring (bicyclic) bond motifs is 1. The van der Waals surface area contributed by atoms with Crippen LogP contribution < -0.4 is 0 Å². The Morgan fingerprint density at radius 1 is 0.577 bits per heavy atom. The molecule has 0 N–H and O–H groups in total. The summed E-state index contributed by atoms with van der Waals surface area (Å²) in [5.74, 6) is 0. The van der Waals surface area contributed by atoms with E-state index in [1.807, 2.05) is 0 Å². The molecule has 0 bridgehead atoms. The monoisotopic (exact) mass is 336 g/mol. The lowest BCUT2D eigenvalue weighted by molar-refractivity contribution is 0.590. The van der Waals surface area contributed by atoms with E-state index >= 15 is 0 Å². The number of benzene rings is 4. The molecule has 4 rings (SSSR count). The minimum Gasteiger partial charge on any atom is -0.0622 e. The van der Waals surface area contributed by atoms with E-state index in [0.717, 1.165) is 0 Å². The van der Waals surface area contributed by atoms with Gasteiger partial charge in [0, 0.05) is 0 Å². The van der Waals surface area contributed by atoms with Crippen molar-refractivity contribution in [2.75, 3.05) is 0 Å². The average molecular weight is 336 g/mol. The van der Waals surface area contributed by atoms with Gasteiger partial charge in [0.2, 0.25) is 0 Å². The summed E-state index contributed by atoms with van der Waals surface area (Å²) >= 11 is 0. The molecule has 4 aromatic carbocycles. The standard InChI is InChI=1S/C26H24/c1-26(2,3)22-14-9-13-21(18-22)24-17-16-19-10-7-8-15-23(19)25(24)20-11-5-4-6-12-20/h4-18H,1-3H3. The van der Waals surface area contributed by atoms with Gasteiger partial charge in [0.15, 0.2) is 0 Å². The fourth-order valence-corrected chi connectivity index (χ4v) is 3.58. The molecule has 0 fully saturated rings. The minimum atomic E-state index is 0.139. The van der Waals surface area contributed by atoms with E-state index in [9.17, 15) is 0 Å². The second-order valence-corrected chi connectivity index (χ2v) is 7.91. The Kier molecular flexibility index (Phi) is 4.12. The predicted molar refractivity (Wildman–Crippen MR) is 114 cm³/mol. The Labute approximate surface area is 156 Å². The van der Waals surface area contributed by atoms with Crippen LogP contribution in [0.4, 0.5) is 0 Å². The average Bonchev–Trinajstić information content (AvgIpc) is 2.67. The van der Waals surface area contributed by atoms with Crippen molar-refractivity contribution in [2.45, 2.75) is 26.2 Å². The first kappa shape index (κ1) is 16.6. The quantitative estimate of drug-likeness (QED) is 0.356. The van der Waals surface area contributed by atoms with Crippen molar-refractivity contribution in [1.29, 1.82) is 0 Å². The van der Waals surface area contributed by atoms with Crippen molar-refractivity contribution in [2.24, 2.45) is 0 Å². The predicted octanol–water partition coefficient (Wildman–Crippen LogP) is 7.47. The van der Waals surface area contributed by atoms with Crippen LogP contribution in [0.5, 0.6) is 0 Å². The topological polar surface area (TPSA) is 0 Å². The van der Waals surface area contributed by atoms with E-state index in [2.05, 4.69) is 112 Å². The summed E-state index contributed by atoms with van der Waals surface area (Å²) in [6.45, 7) is 6.81. The number of rotatable bonds is 2. The Morgan fingerprint density at radius 3 is 2.04 bits per heavy atom. The Morgan fingerprint density at radius 2 is 1.27 bits per heavy atom. The first-order valence-electron chi connectivity index (χ1n) is 9.22. The van der Waals surface area contributed by atoms with Crippen molar-refractivity contribution in [1.82, 2.24) is 0 Å². The van der Waals surface area contributed by atoms with Crippen molar-refractivity contribution in [3.63, 3.8) is 0 Å². The van der Waals surface area contributed by atoms with Crippen LogP contribution in [0.15, 0.2) is 91.0 Å². The first-order chi connectivity index (χ1) is 12.5. The van der Waals surface area contributed by atoms with Gasteiger partial charge in [-0.15, -0.1) is 0 Å². The van der Waals surface area contributed by atoms with Gasteiger partial charge >= 0.3 is 0 Å². The van der Waals surface area contributed by atoms with E-state index < -0.39 is 0 Å². The maximum absolute atomic E-state index is 2.34. The van der Waals surface area contributed by atoms with Crippen molar-refractivity contribution in [3.8, 4) is 22.3 Å². The van der Waals surface area contributed by atoms with Crippen LogP contribution in [0.1, 0.15) is 26.3 Å². The number of hydrogen-bond acceptors (Lipinski definition) is 0. The van der Waals surface area contributed by atoms with Gasteiger partial charge < -0.3 is 0 Å². The summed E-state index contributed by atoms with van der Waals surface area (Å²) in [5.41, 5.74) is 6.65. The Bertz CT molecular complexity index is 1050. The molecule has 0 aromatic heterocycles. The lowest BCUT2D eigenvalue weighted by Crippen LogP contribution is -2.10. The fourth-order valence-electron chi connectivity index (χ4n) is 3.58.